The molecule has 2 heteroatoms. The highest BCUT2D eigenvalue weighted by molar-refractivity contribution is 8.00. The molecule has 1 fully saturated rings. The first-order valence-corrected chi connectivity index (χ1v) is 9.18. The van der Waals surface area contributed by atoms with E-state index in [1.54, 1.807) is 0 Å². The van der Waals surface area contributed by atoms with E-state index in [0.29, 0.717) is 11.2 Å². The van der Waals surface area contributed by atoms with Gasteiger partial charge in [0.2, 0.25) is 0 Å². The molecule has 0 heterocycles. The minimum Gasteiger partial charge on any atom is -0.198 e. The maximum Gasteiger partial charge on any atom is 0.0667 e. The molecule has 1 aromatic rings. The maximum absolute atomic E-state index is 9.41. The first-order chi connectivity index (χ1) is 10.1. The summed E-state index contributed by atoms with van der Waals surface area (Å²) >= 11 is 1.92. The monoisotopic (exact) mass is 301 g/mol. The molecule has 21 heavy (non-hydrogen) atoms. The van der Waals surface area contributed by atoms with Gasteiger partial charge in [-0.15, -0.1) is 11.8 Å². The van der Waals surface area contributed by atoms with Crippen molar-refractivity contribution >= 4 is 11.8 Å². The van der Waals surface area contributed by atoms with Crippen molar-refractivity contribution < 1.29 is 0 Å². The molecule has 0 aromatic heterocycles. The minimum atomic E-state index is 0.230. The zero-order chi connectivity index (χ0) is 15.2. The molecule has 1 nitrogen and oxygen atoms in total. The van der Waals surface area contributed by atoms with Crippen molar-refractivity contribution in [3.05, 3.63) is 29.8 Å². The van der Waals surface area contributed by atoms with Crippen molar-refractivity contribution in [2.75, 3.05) is 0 Å². The Balaban J connectivity index is 2.02. The Hall–Kier alpha value is -0.940. The lowest BCUT2D eigenvalue weighted by Crippen LogP contribution is -2.26. The number of benzene rings is 1. The molecular formula is C19H27NS. The Morgan fingerprint density at radius 3 is 2.52 bits per heavy atom. The largest absolute Gasteiger partial charge is 0.198 e. The van der Waals surface area contributed by atoms with E-state index < -0.39 is 0 Å². The predicted octanol–water partition coefficient (Wildman–Crippen LogP) is 6.01. The summed E-state index contributed by atoms with van der Waals surface area (Å²) in [5.74, 6) is 1.64. The molecular weight excluding hydrogens is 274 g/mol. The van der Waals surface area contributed by atoms with E-state index in [2.05, 4.69) is 51.1 Å². The summed E-state index contributed by atoms with van der Waals surface area (Å²) in [5.41, 5.74) is 1.39. The Labute approximate surface area is 134 Å². The Morgan fingerprint density at radius 2 is 1.95 bits per heavy atom. The summed E-state index contributed by atoms with van der Waals surface area (Å²) in [5, 5.41) is 9.89. The van der Waals surface area contributed by atoms with Crippen molar-refractivity contribution in [2.24, 2.45) is 11.8 Å². The summed E-state index contributed by atoms with van der Waals surface area (Å²) < 4.78 is 0. The Bertz CT molecular complexity index is 471. The zero-order valence-corrected chi connectivity index (χ0v) is 14.3. The number of hydrogen-bond donors (Lipinski definition) is 0. The molecule has 0 amide bonds. The van der Waals surface area contributed by atoms with E-state index in [1.807, 2.05) is 11.8 Å². The molecule has 0 saturated heterocycles. The molecule has 1 saturated carbocycles. The highest BCUT2D eigenvalue weighted by atomic mass is 32.2. The topological polar surface area (TPSA) is 23.8 Å². The van der Waals surface area contributed by atoms with Gasteiger partial charge in [0.25, 0.3) is 0 Å². The van der Waals surface area contributed by atoms with Gasteiger partial charge in [0.15, 0.2) is 0 Å². The van der Waals surface area contributed by atoms with Gasteiger partial charge in [-0.1, -0.05) is 45.7 Å². The van der Waals surface area contributed by atoms with Gasteiger partial charge in [0.05, 0.1) is 12.0 Å². The zero-order valence-electron chi connectivity index (χ0n) is 13.5. The van der Waals surface area contributed by atoms with E-state index in [9.17, 15) is 5.26 Å². The van der Waals surface area contributed by atoms with Crippen LogP contribution in [0, 0.1) is 23.2 Å². The third-order valence-corrected chi connectivity index (χ3v) is 5.97. The van der Waals surface area contributed by atoms with Crippen LogP contribution in [0.4, 0.5) is 0 Å². The van der Waals surface area contributed by atoms with Gasteiger partial charge >= 0.3 is 0 Å². The molecule has 3 atom stereocenters. The summed E-state index contributed by atoms with van der Waals surface area (Å²) in [4.78, 5) is 1.32. The summed E-state index contributed by atoms with van der Waals surface area (Å²) in [7, 11) is 0. The van der Waals surface area contributed by atoms with Crippen LogP contribution in [0.5, 0.6) is 0 Å². The van der Waals surface area contributed by atoms with Crippen LogP contribution < -0.4 is 0 Å². The van der Waals surface area contributed by atoms with Gasteiger partial charge < -0.3 is 0 Å². The van der Waals surface area contributed by atoms with Crippen molar-refractivity contribution in [2.45, 2.75) is 68.9 Å². The molecule has 2 rings (SSSR count). The summed E-state index contributed by atoms with van der Waals surface area (Å²) in [6.07, 6.45) is 6.13. The van der Waals surface area contributed by atoms with Crippen LogP contribution in [0.2, 0.25) is 0 Å². The molecule has 1 aliphatic rings. The molecule has 0 spiro atoms. The van der Waals surface area contributed by atoms with Gasteiger partial charge in [-0.2, -0.15) is 5.26 Å². The van der Waals surface area contributed by atoms with Crippen molar-refractivity contribution in [3.8, 4) is 6.07 Å². The van der Waals surface area contributed by atoms with E-state index in [1.165, 1.54) is 36.1 Å². The molecule has 1 aromatic carbocycles. The van der Waals surface area contributed by atoms with Crippen LogP contribution in [0.3, 0.4) is 0 Å². The first-order valence-electron chi connectivity index (χ1n) is 8.30. The number of thioether (sulfide) groups is 1. The summed E-state index contributed by atoms with van der Waals surface area (Å²) in [6, 6.07) is 11.5. The van der Waals surface area contributed by atoms with Gasteiger partial charge in [-0.3, -0.25) is 0 Å². The van der Waals surface area contributed by atoms with Crippen LogP contribution in [-0.2, 0) is 0 Å². The summed E-state index contributed by atoms with van der Waals surface area (Å²) in [6.45, 7) is 6.72. The standard InChI is InChI=1S/C19H27NS/c1-4-5-15-6-7-17(13-20)19(12-15)21-18-10-8-16(9-11-18)14(2)3/h8-11,14-15,17,19H,4-7,12H2,1-3H3. The normalized spacial score (nSPS) is 25.8. The molecule has 0 aliphatic heterocycles. The third kappa shape index (κ3) is 4.51. The van der Waals surface area contributed by atoms with Gasteiger partial charge in [-0.05, 0) is 48.8 Å². The molecule has 3 unspecified atom stereocenters. The highest BCUT2D eigenvalue weighted by Gasteiger charge is 2.30. The fourth-order valence-corrected chi connectivity index (χ4v) is 4.64. The van der Waals surface area contributed by atoms with E-state index in [-0.39, 0.29) is 5.92 Å². The molecule has 0 N–H and O–H groups in total. The minimum absolute atomic E-state index is 0.230. The lowest BCUT2D eigenvalue weighted by Gasteiger charge is -2.32. The van der Waals surface area contributed by atoms with Crippen LogP contribution in [0.1, 0.15) is 64.4 Å². The second-order valence-corrected chi connectivity index (χ2v) is 7.90. The fraction of sp³-hybridized carbons (Fsp3) is 0.632. The lowest BCUT2D eigenvalue weighted by molar-refractivity contribution is 0.307. The van der Waals surface area contributed by atoms with E-state index >= 15 is 0 Å². The number of nitriles is 1. The molecule has 0 bridgehead atoms. The Morgan fingerprint density at radius 1 is 1.24 bits per heavy atom. The number of hydrogen-bond acceptors (Lipinski definition) is 2. The van der Waals surface area contributed by atoms with E-state index in [4.69, 9.17) is 0 Å². The average Bonchev–Trinajstić information content (AvgIpc) is 2.48. The number of nitrogens with zero attached hydrogens (tertiary/aromatic N) is 1. The molecule has 0 radical (unpaired) electrons. The highest BCUT2D eigenvalue weighted by Crippen LogP contribution is 2.41. The van der Waals surface area contributed by atoms with Crippen molar-refractivity contribution in [3.63, 3.8) is 0 Å². The quantitative estimate of drug-likeness (QED) is 0.665. The van der Waals surface area contributed by atoms with Gasteiger partial charge in [0.1, 0.15) is 0 Å². The lowest BCUT2D eigenvalue weighted by atomic mass is 9.80. The second-order valence-electron chi connectivity index (χ2n) is 6.58. The van der Waals surface area contributed by atoms with Gasteiger partial charge in [-0.25, -0.2) is 0 Å². The SMILES string of the molecule is CCCC1CCC(C#N)C(Sc2ccc(C(C)C)cc2)C1. The molecule has 1 aliphatic carbocycles. The second kappa shape index (κ2) is 7.90. The van der Waals surface area contributed by atoms with Crippen LogP contribution >= 0.6 is 11.8 Å². The third-order valence-electron chi connectivity index (χ3n) is 4.60. The average molecular weight is 301 g/mol. The first kappa shape index (κ1) is 16.4. The fourth-order valence-electron chi connectivity index (χ4n) is 3.27. The maximum atomic E-state index is 9.41. The predicted molar refractivity (Wildman–Crippen MR) is 91.5 cm³/mol. The van der Waals surface area contributed by atoms with Gasteiger partial charge in [0, 0.05) is 10.1 Å². The number of rotatable bonds is 5. The van der Waals surface area contributed by atoms with Crippen LogP contribution in [-0.4, -0.2) is 5.25 Å². The van der Waals surface area contributed by atoms with Crippen molar-refractivity contribution in [1.29, 1.82) is 5.26 Å². The smallest absolute Gasteiger partial charge is 0.0667 e. The molecule has 114 valence electrons. The van der Waals surface area contributed by atoms with Crippen LogP contribution in [0.25, 0.3) is 0 Å². The van der Waals surface area contributed by atoms with E-state index in [0.717, 1.165) is 12.3 Å². The van der Waals surface area contributed by atoms with Crippen molar-refractivity contribution in [1.82, 2.24) is 0 Å². The Kier molecular flexibility index (Phi) is 6.18. The van der Waals surface area contributed by atoms with Crippen LogP contribution in [0.15, 0.2) is 29.2 Å².